The molecule has 17 heavy (non-hydrogen) atoms. The van der Waals surface area contributed by atoms with Gasteiger partial charge < -0.3 is 10.2 Å². The van der Waals surface area contributed by atoms with E-state index in [1.54, 1.807) is 6.20 Å². The van der Waals surface area contributed by atoms with Gasteiger partial charge in [-0.1, -0.05) is 11.6 Å². The van der Waals surface area contributed by atoms with E-state index < -0.39 is 0 Å². The number of halogens is 1. The Kier molecular flexibility index (Phi) is 4.15. The molecule has 1 atom stereocenters. The lowest BCUT2D eigenvalue weighted by Gasteiger charge is -2.37. The molecule has 1 aliphatic heterocycles. The topological polar surface area (TPSA) is 44.3 Å². The van der Waals surface area contributed by atoms with Crippen molar-refractivity contribution in [2.24, 2.45) is 0 Å². The first-order valence-corrected chi connectivity index (χ1v) is 6.13. The maximum Gasteiger partial charge on any atom is 0.148 e. The van der Waals surface area contributed by atoms with E-state index in [-0.39, 0.29) is 0 Å². The minimum absolute atomic E-state index is 0.486. The minimum atomic E-state index is 0.486. The van der Waals surface area contributed by atoms with Crippen LogP contribution in [0.1, 0.15) is 0 Å². The lowest BCUT2D eigenvalue weighted by Crippen LogP contribution is -2.52. The fourth-order valence-electron chi connectivity index (χ4n) is 1.98. The average Bonchev–Trinajstić information content (AvgIpc) is 2.32. The lowest BCUT2D eigenvalue weighted by atomic mass is 10.2. The number of rotatable bonds is 3. The Balaban J connectivity index is 1.91. The maximum absolute atomic E-state index is 6.00. The zero-order valence-corrected chi connectivity index (χ0v) is 11.0. The van der Waals surface area contributed by atoms with Gasteiger partial charge in [-0.2, -0.15) is 0 Å². The molecule has 2 heterocycles. The van der Waals surface area contributed by atoms with Crippen LogP contribution in [-0.4, -0.2) is 66.1 Å². The van der Waals surface area contributed by atoms with Crippen molar-refractivity contribution in [3.63, 3.8) is 0 Å². The van der Waals surface area contributed by atoms with Gasteiger partial charge in [0.25, 0.3) is 0 Å². The molecule has 94 valence electrons. The van der Waals surface area contributed by atoms with Gasteiger partial charge in [-0.3, -0.25) is 4.90 Å². The molecule has 0 aromatic carbocycles. The van der Waals surface area contributed by atoms with Gasteiger partial charge in [-0.15, -0.1) is 0 Å². The largest absolute Gasteiger partial charge is 0.367 e. The molecule has 1 saturated heterocycles. The second kappa shape index (κ2) is 5.62. The summed E-state index contributed by atoms with van der Waals surface area (Å²) in [6.45, 7) is 4.13. The summed E-state index contributed by atoms with van der Waals surface area (Å²) in [5.41, 5.74) is 0. The third kappa shape index (κ3) is 3.28. The highest BCUT2D eigenvalue weighted by Crippen LogP contribution is 2.16. The quantitative estimate of drug-likeness (QED) is 0.865. The molecule has 1 N–H and O–H groups in total. The second-order valence-electron chi connectivity index (χ2n) is 4.50. The number of nitrogens with one attached hydrogen (secondary N) is 1. The van der Waals surface area contributed by atoms with E-state index in [1.165, 1.54) is 6.33 Å². The summed E-state index contributed by atoms with van der Waals surface area (Å²) in [5.74, 6) is 0.711. The lowest BCUT2D eigenvalue weighted by molar-refractivity contribution is 0.122. The number of likely N-dealkylation sites (N-methyl/N-ethyl adjacent to an activating group) is 2. The first-order valence-electron chi connectivity index (χ1n) is 5.75. The van der Waals surface area contributed by atoms with E-state index in [2.05, 4.69) is 39.2 Å². The van der Waals surface area contributed by atoms with Gasteiger partial charge in [0.1, 0.15) is 17.2 Å². The highest BCUT2D eigenvalue weighted by molar-refractivity contribution is 6.32. The minimum Gasteiger partial charge on any atom is -0.367 e. The van der Waals surface area contributed by atoms with E-state index in [1.807, 2.05) is 0 Å². The molecule has 1 aliphatic rings. The third-order valence-corrected chi connectivity index (χ3v) is 3.43. The summed E-state index contributed by atoms with van der Waals surface area (Å²) in [6.07, 6.45) is 3.11. The van der Waals surface area contributed by atoms with Crippen LogP contribution in [0, 0.1) is 0 Å². The van der Waals surface area contributed by atoms with Crippen LogP contribution < -0.4 is 5.32 Å². The molecule has 6 heteroatoms. The highest BCUT2D eigenvalue weighted by Gasteiger charge is 2.21. The number of anilines is 1. The van der Waals surface area contributed by atoms with Crippen molar-refractivity contribution in [1.82, 2.24) is 19.8 Å². The molecular weight excluding hydrogens is 238 g/mol. The van der Waals surface area contributed by atoms with Gasteiger partial charge in [0.2, 0.25) is 0 Å². The molecule has 0 bridgehead atoms. The smallest absolute Gasteiger partial charge is 0.148 e. The van der Waals surface area contributed by atoms with Crippen molar-refractivity contribution >= 4 is 17.4 Å². The van der Waals surface area contributed by atoms with Crippen molar-refractivity contribution < 1.29 is 0 Å². The van der Waals surface area contributed by atoms with Gasteiger partial charge in [0, 0.05) is 32.2 Å². The molecular formula is C11H18ClN5. The van der Waals surface area contributed by atoms with E-state index in [4.69, 9.17) is 11.6 Å². The van der Waals surface area contributed by atoms with Crippen LogP contribution in [0.4, 0.5) is 5.82 Å². The van der Waals surface area contributed by atoms with Crippen LogP contribution in [-0.2, 0) is 0 Å². The summed E-state index contributed by atoms with van der Waals surface area (Å²) < 4.78 is 0. The van der Waals surface area contributed by atoms with Crippen LogP contribution in [0.2, 0.25) is 5.02 Å². The Morgan fingerprint density at radius 2 is 2.29 bits per heavy atom. The summed E-state index contributed by atoms with van der Waals surface area (Å²) in [4.78, 5) is 12.7. The number of hydrogen-bond acceptors (Lipinski definition) is 5. The van der Waals surface area contributed by atoms with Gasteiger partial charge >= 0.3 is 0 Å². The molecule has 5 nitrogen and oxygen atoms in total. The summed E-state index contributed by atoms with van der Waals surface area (Å²) >= 11 is 6.00. The van der Waals surface area contributed by atoms with Crippen LogP contribution in [0.5, 0.6) is 0 Å². The molecule has 1 aromatic rings. The van der Waals surface area contributed by atoms with Crippen molar-refractivity contribution in [3.05, 3.63) is 17.5 Å². The second-order valence-corrected chi connectivity index (χ2v) is 4.90. The van der Waals surface area contributed by atoms with Gasteiger partial charge in [0.15, 0.2) is 0 Å². The summed E-state index contributed by atoms with van der Waals surface area (Å²) in [6, 6.07) is 0.486. The highest BCUT2D eigenvalue weighted by atomic mass is 35.5. The fourth-order valence-corrected chi connectivity index (χ4v) is 2.15. The molecule has 0 radical (unpaired) electrons. The van der Waals surface area contributed by atoms with E-state index >= 15 is 0 Å². The number of piperazine rings is 1. The van der Waals surface area contributed by atoms with Gasteiger partial charge in [-0.25, -0.2) is 9.97 Å². The third-order valence-electron chi connectivity index (χ3n) is 3.15. The summed E-state index contributed by atoms with van der Waals surface area (Å²) in [5, 5.41) is 3.85. The van der Waals surface area contributed by atoms with E-state index in [9.17, 15) is 0 Å². The normalized spacial score (nSPS) is 22.6. The Morgan fingerprint density at radius 1 is 1.47 bits per heavy atom. The average molecular weight is 256 g/mol. The maximum atomic E-state index is 6.00. The van der Waals surface area contributed by atoms with Crippen molar-refractivity contribution in [2.75, 3.05) is 45.6 Å². The van der Waals surface area contributed by atoms with Crippen LogP contribution in [0.3, 0.4) is 0 Å². The number of aromatic nitrogens is 2. The molecule has 0 amide bonds. The fraction of sp³-hybridized carbons (Fsp3) is 0.636. The van der Waals surface area contributed by atoms with Crippen molar-refractivity contribution in [1.29, 1.82) is 0 Å². The van der Waals surface area contributed by atoms with Crippen LogP contribution >= 0.6 is 11.6 Å². The number of hydrogen-bond donors (Lipinski definition) is 1. The predicted octanol–water partition coefficient (Wildman–Crippen LogP) is 0.788. The van der Waals surface area contributed by atoms with E-state index in [0.29, 0.717) is 16.9 Å². The zero-order valence-electron chi connectivity index (χ0n) is 10.2. The first-order chi connectivity index (χ1) is 8.16. The molecule has 0 spiro atoms. The van der Waals surface area contributed by atoms with Crippen LogP contribution in [0.25, 0.3) is 0 Å². The van der Waals surface area contributed by atoms with Gasteiger partial charge in [0.05, 0.1) is 6.20 Å². The molecule has 1 unspecified atom stereocenters. The summed E-state index contributed by atoms with van der Waals surface area (Å²) in [7, 11) is 4.30. The molecule has 2 rings (SSSR count). The van der Waals surface area contributed by atoms with Crippen molar-refractivity contribution in [2.45, 2.75) is 6.04 Å². The standard InChI is InChI=1S/C11H18ClN5/c1-16-3-4-17(2)9(7-16)5-14-11-10(12)6-13-8-15-11/h6,8-9H,3-5,7H2,1-2H3,(H,13,14,15). The molecule has 1 aromatic heterocycles. The van der Waals surface area contributed by atoms with Gasteiger partial charge in [-0.05, 0) is 14.1 Å². The molecule has 0 aliphatic carbocycles. The monoisotopic (exact) mass is 255 g/mol. The predicted molar refractivity (Wildman–Crippen MR) is 69.4 cm³/mol. The van der Waals surface area contributed by atoms with E-state index in [0.717, 1.165) is 26.2 Å². The Bertz CT molecular complexity index is 373. The number of nitrogens with zero attached hydrogens (tertiary/aromatic N) is 4. The Labute approximate surface area is 107 Å². The SMILES string of the molecule is CN1CCN(C)C(CNc2ncncc2Cl)C1. The Morgan fingerprint density at radius 3 is 3.06 bits per heavy atom. The van der Waals surface area contributed by atoms with Crippen LogP contribution in [0.15, 0.2) is 12.5 Å². The van der Waals surface area contributed by atoms with Crippen molar-refractivity contribution in [3.8, 4) is 0 Å². The Hall–Kier alpha value is -0.910. The zero-order chi connectivity index (χ0) is 12.3. The molecule has 0 saturated carbocycles. The molecule has 1 fully saturated rings. The first kappa shape index (κ1) is 12.5.